The molecule has 0 radical (unpaired) electrons. The molecule has 3 nitrogen and oxygen atoms in total. The summed E-state index contributed by atoms with van der Waals surface area (Å²) in [6.45, 7) is 0. The molecule has 0 amide bonds. The molecule has 0 spiro atoms. The van der Waals surface area contributed by atoms with Gasteiger partial charge in [0, 0.05) is 23.3 Å². The van der Waals surface area contributed by atoms with Crippen molar-refractivity contribution < 1.29 is 14.1 Å². The standard InChI is InChI=1S/C2HCl3O2.C2H6OS/c3-2(4,5)1(6)7;1-4(2)3/h(H,6,7);1-2H3. The van der Waals surface area contributed by atoms with E-state index in [0.29, 0.717) is 0 Å². The van der Waals surface area contributed by atoms with E-state index in [0.717, 1.165) is 0 Å². The summed E-state index contributed by atoms with van der Waals surface area (Å²) in [5, 5.41) is 7.85. The van der Waals surface area contributed by atoms with Gasteiger partial charge in [-0.15, -0.1) is 0 Å². The van der Waals surface area contributed by atoms with Gasteiger partial charge in [-0.05, 0) is 0 Å². The van der Waals surface area contributed by atoms with Crippen LogP contribution in [0.5, 0.6) is 0 Å². The lowest BCUT2D eigenvalue weighted by Gasteiger charge is -1.99. The van der Waals surface area contributed by atoms with Gasteiger partial charge in [0.1, 0.15) is 0 Å². The van der Waals surface area contributed by atoms with Crippen molar-refractivity contribution in [2.45, 2.75) is 3.79 Å². The summed E-state index contributed by atoms with van der Waals surface area (Å²) in [7, 11) is -0.611. The Labute approximate surface area is 82.1 Å². The molecule has 0 saturated heterocycles. The zero-order chi connectivity index (χ0) is 9.65. The molecule has 11 heavy (non-hydrogen) atoms. The summed E-state index contributed by atoms with van der Waals surface area (Å²) >= 11 is 14.4. The molecule has 0 saturated carbocycles. The van der Waals surface area contributed by atoms with E-state index in [9.17, 15) is 9.00 Å². The fourth-order valence-electron chi connectivity index (χ4n) is 0. The summed E-state index contributed by atoms with van der Waals surface area (Å²) in [4.78, 5) is 9.62. The van der Waals surface area contributed by atoms with Crippen LogP contribution in [0.4, 0.5) is 0 Å². The van der Waals surface area contributed by atoms with Gasteiger partial charge in [-0.3, -0.25) is 4.21 Å². The maximum atomic E-state index is 9.62. The Hall–Kier alpha value is 0.490. The van der Waals surface area contributed by atoms with Crippen LogP contribution in [-0.2, 0) is 15.6 Å². The van der Waals surface area contributed by atoms with Crippen molar-refractivity contribution in [3.05, 3.63) is 0 Å². The topological polar surface area (TPSA) is 54.4 Å². The molecule has 0 rings (SSSR count). The Balaban J connectivity index is 0. The summed E-state index contributed by atoms with van der Waals surface area (Å²) in [5.74, 6) is -1.46. The highest BCUT2D eigenvalue weighted by molar-refractivity contribution is 7.83. The monoisotopic (exact) mass is 240 g/mol. The Morgan fingerprint density at radius 1 is 1.36 bits per heavy atom. The van der Waals surface area contributed by atoms with Gasteiger partial charge in [-0.1, -0.05) is 34.8 Å². The Kier molecular flexibility index (Phi) is 7.73. The average Bonchev–Trinajstić information content (AvgIpc) is 1.59. The molecule has 0 aliphatic carbocycles. The van der Waals surface area contributed by atoms with Crippen molar-refractivity contribution in [1.29, 1.82) is 0 Å². The third-order valence-corrected chi connectivity index (χ3v) is 0.728. The van der Waals surface area contributed by atoms with E-state index in [2.05, 4.69) is 0 Å². The molecule has 1 N–H and O–H groups in total. The second kappa shape index (κ2) is 6.06. The largest absolute Gasteiger partial charge is 0.478 e. The first kappa shape index (κ1) is 14.0. The lowest BCUT2D eigenvalue weighted by Crippen LogP contribution is -2.16. The highest BCUT2D eigenvalue weighted by Crippen LogP contribution is 2.25. The normalized spacial score (nSPS) is 10.4. The van der Waals surface area contributed by atoms with Crippen LogP contribution in [0.15, 0.2) is 0 Å². The van der Waals surface area contributed by atoms with Crippen molar-refractivity contribution in [2.24, 2.45) is 0 Å². The molecule has 0 fully saturated rings. The maximum Gasteiger partial charge on any atom is 0.356 e. The molecule has 0 aromatic heterocycles. The van der Waals surface area contributed by atoms with Crippen LogP contribution < -0.4 is 0 Å². The van der Waals surface area contributed by atoms with Gasteiger partial charge in [0.15, 0.2) is 0 Å². The minimum Gasteiger partial charge on any atom is -0.478 e. The molecule has 0 aromatic rings. The molecule has 0 aliphatic heterocycles. The molecule has 68 valence electrons. The zero-order valence-electron chi connectivity index (χ0n) is 5.81. The fourth-order valence-corrected chi connectivity index (χ4v) is 0. The summed E-state index contributed by atoms with van der Waals surface area (Å²) in [6, 6.07) is 0. The van der Waals surface area contributed by atoms with Crippen molar-refractivity contribution in [1.82, 2.24) is 0 Å². The molecule has 0 unspecified atom stereocenters. The van der Waals surface area contributed by atoms with Crippen molar-refractivity contribution in [3.8, 4) is 0 Å². The summed E-state index contributed by atoms with van der Waals surface area (Å²) in [5.41, 5.74) is 0. The van der Waals surface area contributed by atoms with Gasteiger partial charge in [0.2, 0.25) is 0 Å². The third-order valence-electron chi connectivity index (χ3n) is 0.243. The van der Waals surface area contributed by atoms with Gasteiger partial charge in [0.05, 0.1) is 0 Å². The van der Waals surface area contributed by atoms with Gasteiger partial charge in [-0.25, -0.2) is 4.79 Å². The first-order valence-corrected chi connectivity index (χ1v) is 5.33. The van der Waals surface area contributed by atoms with Gasteiger partial charge >= 0.3 is 5.97 Å². The van der Waals surface area contributed by atoms with Gasteiger partial charge < -0.3 is 5.11 Å². The third kappa shape index (κ3) is 18.0. The number of carbonyl (C=O) groups is 1. The first-order chi connectivity index (χ1) is 4.68. The average molecular weight is 242 g/mol. The van der Waals surface area contributed by atoms with E-state index in [1.54, 1.807) is 12.5 Å². The number of hydrogen-bond donors (Lipinski definition) is 1. The lowest BCUT2D eigenvalue weighted by atomic mass is 10.8. The molecule has 0 atom stereocenters. The predicted octanol–water partition coefficient (Wildman–Crippen LogP) is 1.44. The van der Waals surface area contributed by atoms with Crippen molar-refractivity contribution >= 4 is 51.6 Å². The number of rotatable bonds is 0. The summed E-state index contributed by atoms with van der Waals surface area (Å²) in [6.07, 6.45) is 3.28. The van der Waals surface area contributed by atoms with Crippen molar-refractivity contribution in [3.63, 3.8) is 0 Å². The van der Waals surface area contributed by atoms with Gasteiger partial charge in [0.25, 0.3) is 3.79 Å². The molecule has 0 aromatic carbocycles. The van der Waals surface area contributed by atoms with E-state index < -0.39 is 20.6 Å². The van der Waals surface area contributed by atoms with Crippen LogP contribution in [0, 0.1) is 0 Å². The van der Waals surface area contributed by atoms with Crippen LogP contribution in [0.25, 0.3) is 0 Å². The maximum absolute atomic E-state index is 9.62. The molecular weight excluding hydrogens is 234 g/mol. The van der Waals surface area contributed by atoms with E-state index in [1.807, 2.05) is 0 Å². The Morgan fingerprint density at radius 2 is 1.45 bits per heavy atom. The number of hydrogen-bond acceptors (Lipinski definition) is 2. The number of carboxylic acid groups (broad SMARTS) is 1. The number of alkyl halides is 3. The quantitative estimate of drug-likeness (QED) is 0.653. The fraction of sp³-hybridized carbons (Fsp3) is 0.750. The van der Waals surface area contributed by atoms with Crippen LogP contribution in [0.3, 0.4) is 0 Å². The first-order valence-electron chi connectivity index (χ1n) is 2.23. The van der Waals surface area contributed by atoms with E-state index in [-0.39, 0.29) is 0 Å². The smallest absolute Gasteiger partial charge is 0.356 e. The highest BCUT2D eigenvalue weighted by atomic mass is 35.6. The number of aliphatic carboxylic acids is 1. The van der Waals surface area contributed by atoms with Crippen LogP contribution in [-0.4, -0.2) is 31.6 Å². The Bertz CT molecular complexity index is 149. The molecule has 0 heterocycles. The molecule has 7 heteroatoms. The minimum absolute atomic E-state index is 0.611. The molecular formula is C4H7Cl3O3S. The number of halogens is 3. The second-order valence-corrected chi connectivity index (χ2v) is 5.31. The number of carboxylic acids is 1. The second-order valence-electron chi connectivity index (χ2n) is 1.54. The zero-order valence-corrected chi connectivity index (χ0v) is 8.89. The van der Waals surface area contributed by atoms with E-state index in [1.165, 1.54) is 0 Å². The SMILES string of the molecule is CS(C)=O.O=C(O)C(Cl)(Cl)Cl. The highest BCUT2D eigenvalue weighted by Gasteiger charge is 2.29. The van der Waals surface area contributed by atoms with E-state index in [4.69, 9.17) is 39.9 Å². The van der Waals surface area contributed by atoms with Crippen LogP contribution >= 0.6 is 34.8 Å². The lowest BCUT2D eigenvalue weighted by molar-refractivity contribution is -0.135. The van der Waals surface area contributed by atoms with Crippen LogP contribution in [0.2, 0.25) is 0 Å². The molecule has 0 aliphatic rings. The van der Waals surface area contributed by atoms with Crippen molar-refractivity contribution in [2.75, 3.05) is 12.5 Å². The summed E-state index contributed by atoms with van der Waals surface area (Å²) < 4.78 is 7.39. The Morgan fingerprint density at radius 3 is 1.45 bits per heavy atom. The predicted molar refractivity (Wildman–Crippen MR) is 47.9 cm³/mol. The molecule has 0 bridgehead atoms. The van der Waals surface area contributed by atoms with E-state index >= 15 is 0 Å². The van der Waals surface area contributed by atoms with Gasteiger partial charge in [-0.2, -0.15) is 0 Å². The van der Waals surface area contributed by atoms with Crippen LogP contribution in [0.1, 0.15) is 0 Å². The minimum atomic E-state index is -2.17.